The van der Waals surface area contributed by atoms with E-state index in [9.17, 15) is 0 Å². The molecule has 0 atom stereocenters. The summed E-state index contributed by atoms with van der Waals surface area (Å²) < 4.78 is 6.09. The fraction of sp³-hybridized carbons (Fsp3) is 0.714. The van der Waals surface area contributed by atoms with Crippen molar-refractivity contribution in [3.8, 4) is 0 Å². The van der Waals surface area contributed by atoms with Crippen LogP contribution in [0.1, 0.15) is 44.6 Å². The van der Waals surface area contributed by atoms with Gasteiger partial charge in [-0.15, -0.1) is 0 Å². The molecule has 0 spiro atoms. The average Bonchev–Trinajstić information content (AvgIpc) is 2.41. The molecule has 0 aliphatic rings. The van der Waals surface area contributed by atoms with Crippen molar-refractivity contribution in [1.82, 2.24) is 9.97 Å². The lowest BCUT2D eigenvalue weighted by Gasteiger charge is -2.12. The first-order chi connectivity index (χ1) is 9.22. The SMILES string of the molecule is CCCNc1nc(CCCOC)nc(CCC)c1Br. The molecule has 0 saturated heterocycles. The van der Waals surface area contributed by atoms with Gasteiger partial charge in [-0.05, 0) is 35.2 Å². The van der Waals surface area contributed by atoms with Gasteiger partial charge in [0, 0.05) is 26.7 Å². The highest BCUT2D eigenvalue weighted by molar-refractivity contribution is 9.10. The second-order valence-electron chi connectivity index (χ2n) is 4.52. The van der Waals surface area contributed by atoms with Gasteiger partial charge in [0.2, 0.25) is 0 Å². The molecule has 0 bridgehead atoms. The summed E-state index contributed by atoms with van der Waals surface area (Å²) >= 11 is 3.62. The lowest BCUT2D eigenvalue weighted by molar-refractivity contribution is 0.194. The first-order valence-corrected chi connectivity index (χ1v) is 7.80. The van der Waals surface area contributed by atoms with E-state index in [1.54, 1.807) is 7.11 Å². The molecule has 1 aromatic heterocycles. The minimum absolute atomic E-state index is 0.750. The molecule has 0 saturated carbocycles. The van der Waals surface area contributed by atoms with Gasteiger partial charge >= 0.3 is 0 Å². The Bertz CT molecular complexity index is 385. The smallest absolute Gasteiger partial charge is 0.144 e. The number of nitrogens with zero attached hydrogens (tertiary/aromatic N) is 2. The minimum Gasteiger partial charge on any atom is -0.385 e. The van der Waals surface area contributed by atoms with Crippen LogP contribution in [0, 0.1) is 0 Å². The van der Waals surface area contributed by atoms with Crippen LogP contribution in [0.4, 0.5) is 5.82 Å². The highest BCUT2D eigenvalue weighted by atomic mass is 79.9. The molecule has 1 rings (SSSR count). The van der Waals surface area contributed by atoms with Crippen molar-refractivity contribution in [2.75, 3.05) is 25.6 Å². The zero-order chi connectivity index (χ0) is 14.1. The average molecular weight is 330 g/mol. The summed E-state index contributed by atoms with van der Waals surface area (Å²) in [5.41, 5.74) is 1.10. The number of hydrogen-bond donors (Lipinski definition) is 1. The molecule has 1 heterocycles. The van der Waals surface area contributed by atoms with Crippen molar-refractivity contribution in [1.29, 1.82) is 0 Å². The van der Waals surface area contributed by atoms with E-state index < -0.39 is 0 Å². The lowest BCUT2D eigenvalue weighted by Crippen LogP contribution is -2.09. The maximum Gasteiger partial charge on any atom is 0.144 e. The fourth-order valence-corrected chi connectivity index (χ4v) is 2.31. The third-order valence-corrected chi connectivity index (χ3v) is 3.58. The molecule has 1 aromatic rings. The van der Waals surface area contributed by atoms with Crippen molar-refractivity contribution in [3.05, 3.63) is 16.0 Å². The number of methoxy groups -OCH3 is 1. The molecule has 19 heavy (non-hydrogen) atoms. The summed E-state index contributed by atoms with van der Waals surface area (Å²) in [4.78, 5) is 9.25. The van der Waals surface area contributed by atoms with E-state index in [0.717, 1.165) is 67.1 Å². The van der Waals surface area contributed by atoms with Crippen molar-refractivity contribution in [3.63, 3.8) is 0 Å². The Kier molecular flexibility index (Phi) is 7.98. The first kappa shape index (κ1) is 16.4. The second-order valence-corrected chi connectivity index (χ2v) is 5.32. The minimum atomic E-state index is 0.750. The highest BCUT2D eigenvalue weighted by Gasteiger charge is 2.11. The van der Waals surface area contributed by atoms with Crippen LogP contribution < -0.4 is 5.32 Å². The molecule has 0 fully saturated rings. The number of aromatic nitrogens is 2. The zero-order valence-electron chi connectivity index (χ0n) is 12.1. The van der Waals surface area contributed by atoms with E-state index in [4.69, 9.17) is 4.74 Å². The topological polar surface area (TPSA) is 47.0 Å². The third kappa shape index (κ3) is 5.45. The van der Waals surface area contributed by atoms with Crippen LogP contribution in [0.15, 0.2) is 4.47 Å². The summed E-state index contributed by atoms with van der Waals surface area (Å²) in [6, 6.07) is 0. The number of aryl methyl sites for hydroxylation is 2. The monoisotopic (exact) mass is 329 g/mol. The normalized spacial score (nSPS) is 10.7. The summed E-state index contributed by atoms with van der Waals surface area (Å²) in [6.07, 6.45) is 4.95. The molecule has 4 nitrogen and oxygen atoms in total. The Morgan fingerprint density at radius 2 is 1.95 bits per heavy atom. The van der Waals surface area contributed by atoms with Crippen LogP contribution in [-0.4, -0.2) is 30.2 Å². The predicted molar refractivity (Wildman–Crippen MR) is 82.7 cm³/mol. The maximum absolute atomic E-state index is 5.08. The molecule has 0 amide bonds. The van der Waals surface area contributed by atoms with E-state index >= 15 is 0 Å². The summed E-state index contributed by atoms with van der Waals surface area (Å²) in [5, 5.41) is 3.36. The van der Waals surface area contributed by atoms with Gasteiger partial charge in [0.25, 0.3) is 0 Å². The van der Waals surface area contributed by atoms with Crippen molar-refractivity contribution >= 4 is 21.7 Å². The van der Waals surface area contributed by atoms with Crippen molar-refractivity contribution < 1.29 is 4.74 Å². The van der Waals surface area contributed by atoms with Crippen LogP contribution in [0.25, 0.3) is 0 Å². The standard InChI is InChI=1S/C14H24BrN3O/c1-4-7-11-13(15)14(16-9-5-2)18-12(17-11)8-6-10-19-3/h4-10H2,1-3H3,(H,16,17,18). The number of hydrogen-bond acceptors (Lipinski definition) is 4. The van der Waals surface area contributed by atoms with Crippen LogP contribution in [0.5, 0.6) is 0 Å². The number of rotatable bonds is 9. The Morgan fingerprint density at radius 3 is 2.58 bits per heavy atom. The van der Waals surface area contributed by atoms with Crippen LogP contribution in [0.2, 0.25) is 0 Å². The third-order valence-electron chi connectivity index (χ3n) is 2.74. The lowest BCUT2D eigenvalue weighted by atomic mass is 10.2. The molecule has 5 heteroatoms. The van der Waals surface area contributed by atoms with Gasteiger partial charge in [-0.1, -0.05) is 20.3 Å². The Balaban J connectivity index is 2.87. The highest BCUT2D eigenvalue weighted by Crippen LogP contribution is 2.25. The van der Waals surface area contributed by atoms with Crippen LogP contribution >= 0.6 is 15.9 Å². The van der Waals surface area contributed by atoms with Crippen molar-refractivity contribution in [2.24, 2.45) is 0 Å². The van der Waals surface area contributed by atoms with Gasteiger partial charge in [0.05, 0.1) is 10.2 Å². The summed E-state index contributed by atoms with van der Waals surface area (Å²) in [7, 11) is 1.72. The quantitative estimate of drug-likeness (QED) is 0.703. The van der Waals surface area contributed by atoms with Gasteiger partial charge in [0.1, 0.15) is 11.6 Å². The van der Waals surface area contributed by atoms with Crippen LogP contribution in [0.3, 0.4) is 0 Å². The summed E-state index contributed by atoms with van der Waals surface area (Å²) in [5.74, 6) is 1.83. The Hall–Kier alpha value is -0.680. The van der Waals surface area contributed by atoms with E-state index in [1.165, 1.54) is 0 Å². The second kappa shape index (κ2) is 9.26. The molecule has 0 radical (unpaired) electrons. The number of anilines is 1. The molecule has 0 aliphatic carbocycles. The molecular formula is C14H24BrN3O. The van der Waals surface area contributed by atoms with Gasteiger partial charge in [-0.25, -0.2) is 9.97 Å². The van der Waals surface area contributed by atoms with Crippen LogP contribution in [-0.2, 0) is 17.6 Å². The molecule has 1 N–H and O–H groups in total. The van der Waals surface area contributed by atoms with Gasteiger partial charge in [0.15, 0.2) is 0 Å². The molecular weight excluding hydrogens is 306 g/mol. The molecule has 0 unspecified atom stereocenters. The van der Waals surface area contributed by atoms with Gasteiger partial charge in [-0.2, -0.15) is 0 Å². The number of halogens is 1. The summed E-state index contributed by atoms with van der Waals surface area (Å²) in [6.45, 7) is 5.99. The van der Waals surface area contributed by atoms with Crippen molar-refractivity contribution in [2.45, 2.75) is 46.0 Å². The fourth-order valence-electron chi connectivity index (χ4n) is 1.79. The largest absolute Gasteiger partial charge is 0.385 e. The molecule has 0 aromatic carbocycles. The number of nitrogens with one attached hydrogen (secondary N) is 1. The Morgan fingerprint density at radius 1 is 1.16 bits per heavy atom. The zero-order valence-corrected chi connectivity index (χ0v) is 13.7. The van der Waals surface area contributed by atoms with E-state index in [1.807, 2.05) is 0 Å². The van der Waals surface area contributed by atoms with Gasteiger partial charge < -0.3 is 10.1 Å². The molecule has 0 aliphatic heterocycles. The predicted octanol–water partition coefficient (Wildman–Crippen LogP) is 3.59. The van der Waals surface area contributed by atoms with E-state index in [2.05, 4.69) is 45.1 Å². The maximum atomic E-state index is 5.08. The first-order valence-electron chi connectivity index (χ1n) is 7.01. The van der Waals surface area contributed by atoms with E-state index in [-0.39, 0.29) is 0 Å². The van der Waals surface area contributed by atoms with Gasteiger partial charge in [-0.3, -0.25) is 0 Å². The number of ether oxygens (including phenoxy) is 1. The molecule has 108 valence electrons. The Labute approximate surface area is 124 Å². The van der Waals surface area contributed by atoms with E-state index in [0.29, 0.717) is 0 Å².